The van der Waals surface area contributed by atoms with Crippen molar-refractivity contribution in [2.75, 3.05) is 20.2 Å². The van der Waals surface area contributed by atoms with Gasteiger partial charge in [0, 0.05) is 26.6 Å². The highest BCUT2D eigenvalue weighted by Gasteiger charge is 2.01. The maximum absolute atomic E-state index is 10.8. The van der Waals surface area contributed by atoms with Crippen molar-refractivity contribution in [2.24, 2.45) is 5.73 Å². The van der Waals surface area contributed by atoms with Gasteiger partial charge < -0.3 is 15.8 Å². The fraction of sp³-hybridized carbons (Fsp3) is 0.857. The molecule has 1 atom stereocenters. The zero-order chi connectivity index (χ0) is 8.69. The molecule has 11 heavy (non-hydrogen) atoms. The molecule has 4 heteroatoms. The van der Waals surface area contributed by atoms with E-state index in [4.69, 9.17) is 10.5 Å². The molecule has 4 nitrogen and oxygen atoms in total. The van der Waals surface area contributed by atoms with Gasteiger partial charge in [-0.05, 0) is 6.92 Å². The first-order valence-corrected chi connectivity index (χ1v) is 3.70. The summed E-state index contributed by atoms with van der Waals surface area (Å²) in [6.07, 6.45) is 0.452. The molecule has 0 bridgehead atoms. The molecule has 0 saturated carbocycles. The molecule has 0 radical (unpaired) electrons. The summed E-state index contributed by atoms with van der Waals surface area (Å²) in [5.74, 6) is -0.0172. The number of rotatable bonds is 5. The lowest BCUT2D eigenvalue weighted by atomic mass is 10.3. The van der Waals surface area contributed by atoms with Gasteiger partial charge in [0.05, 0.1) is 6.10 Å². The first-order valence-electron chi connectivity index (χ1n) is 3.70. The van der Waals surface area contributed by atoms with Crippen LogP contribution >= 0.6 is 0 Å². The summed E-state index contributed by atoms with van der Waals surface area (Å²) in [4.78, 5) is 10.8. The van der Waals surface area contributed by atoms with Crippen molar-refractivity contribution in [3.8, 4) is 0 Å². The van der Waals surface area contributed by atoms with Crippen LogP contribution in [0.4, 0.5) is 0 Å². The topological polar surface area (TPSA) is 64.3 Å². The van der Waals surface area contributed by atoms with Gasteiger partial charge >= 0.3 is 0 Å². The van der Waals surface area contributed by atoms with Crippen LogP contribution in [0.1, 0.15) is 13.3 Å². The van der Waals surface area contributed by atoms with Crippen molar-refractivity contribution in [3.05, 3.63) is 0 Å². The Balaban J connectivity index is 3.30. The second-order valence-corrected chi connectivity index (χ2v) is 2.39. The second kappa shape index (κ2) is 6.12. The lowest BCUT2D eigenvalue weighted by Crippen LogP contribution is -2.32. The molecule has 0 aromatic heterocycles. The van der Waals surface area contributed by atoms with Gasteiger partial charge in [-0.15, -0.1) is 0 Å². The molecular weight excluding hydrogens is 144 g/mol. The Labute approximate surface area is 67.1 Å². The van der Waals surface area contributed by atoms with E-state index in [0.717, 1.165) is 0 Å². The number of nitrogens with one attached hydrogen (secondary N) is 1. The molecule has 0 spiro atoms. The van der Waals surface area contributed by atoms with Crippen LogP contribution in [0.2, 0.25) is 0 Å². The van der Waals surface area contributed by atoms with Gasteiger partial charge in [0.15, 0.2) is 0 Å². The highest BCUT2D eigenvalue weighted by molar-refractivity contribution is 5.76. The maximum Gasteiger partial charge on any atom is 0.221 e. The lowest BCUT2D eigenvalue weighted by Gasteiger charge is -2.09. The number of nitrogens with two attached hydrogens (primary N) is 1. The smallest absolute Gasteiger partial charge is 0.221 e. The molecular formula is C7H16N2O2. The Morgan fingerprint density at radius 1 is 1.73 bits per heavy atom. The Bertz CT molecular complexity index is 117. The summed E-state index contributed by atoms with van der Waals surface area (Å²) in [5, 5.41) is 2.69. The summed E-state index contributed by atoms with van der Waals surface area (Å²) >= 11 is 0. The molecule has 0 aliphatic carbocycles. The molecule has 1 amide bonds. The van der Waals surface area contributed by atoms with Gasteiger partial charge in [-0.25, -0.2) is 0 Å². The molecule has 0 heterocycles. The molecule has 0 aliphatic heterocycles. The van der Waals surface area contributed by atoms with Crippen molar-refractivity contribution in [1.82, 2.24) is 5.32 Å². The Morgan fingerprint density at radius 3 is 2.82 bits per heavy atom. The van der Waals surface area contributed by atoms with Crippen LogP contribution < -0.4 is 11.1 Å². The molecule has 66 valence electrons. The van der Waals surface area contributed by atoms with Crippen molar-refractivity contribution in [2.45, 2.75) is 19.4 Å². The first kappa shape index (κ1) is 10.4. The minimum atomic E-state index is -0.0172. The number of carbonyl (C=O) groups is 1. The SMILES string of the molecule is COC(C)CNC(=O)CCN. The first-order chi connectivity index (χ1) is 5.20. The van der Waals surface area contributed by atoms with E-state index in [9.17, 15) is 4.79 Å². The van der Waals surface area contributed by atoms with E-state index in [1.165, 1.54) is 0 Å². The molecule has 0 aromatic carbocycles. The summed E-state index contributed by atoms with van der Waals surface area (Å²) in [7, 11) is 1.61. The molecule has 1 unspecified atom stereocenters. The van der Waals surface area contributed by atoms with Crippen LogP contribution in [0.15, 0.2) is 0 Å². The summed E-state index contributed by atoms with van der Waals surface area (Å²) in [5.41, 5.74) is 5.18. The van der Waals surface area contributed by atoms with Crippen molar-refractivity contribution >= 4 is 5.91 Å². The van der Waals surface area contributed by atoms with Crippen LogP contribution in [0.5, 0.6) is 0 Å². The number of hydrogen-bond donors (Lipinski definition) is 2. The predicted molar refractivity (Wildman–Crippen MR) is 43.2 cm³/mol. The van der Waals surface area contributed by atoms with E-state index in [1.54, 1.807) is 7.11 Å². The van der Waals surface area contributed by atoms with Crippen LogP contribution in [0.25, 0.3) is 0 Å². The van der Waals surface area contributed by atoms with Gasteiger partial charge in [-0.1, -0.05) is 0 Å². The van der Waals surface area contributed by atoms with Gasteiger partial charge in [-0.2, -0.15) is 0 Å². The monoisotopic (exact) mass is 160 g/mol. The summed E-state index contributed by atoms with van der Waals surface area (Å²) in [6, 6.07) is 0. The van der Waals surface area contributed by atoms with E-state index < -0.39 is 0 Å². The number of amides is 1. The average Bonchev–Trinajstić information content (AvgIpc) is 2.01. The van der Waals surface area contributed by atoms with E-state index >= 15 is 0 Å². The Kier molecular flexibility index (Phi) is 5.78. The van der Waals surface area contributed by atoms with Gasteiger partial charge in [0.2, 0.25) is 5.91 Å². The number of hydrogen-bond acceptors (Lipinski definition) is 3. The van der Waals surface area contributed by atoms with E-state index in [2.05, 4.69) is 5.32 Å². The third kappa shape index (κ3) is 5.82. The molecule has 0 fully saturated rings. The summed E-state index contributed by atoms with van der Waals surface area (Å²) in [6.45, 7) is 2.84. The quantitative estimate of drug-likeness (QED) is 0.569. The maximum atomic E-state index is 10.8. The zero-order valence-electron chi connectivity index (χ0n) is 7.09. The minimum Gasteiger partial charge on any atom is -0.380 e. The predicted octanol–water partition coefficient (Wildman–Crippen LogP) is -0.514. The second-order valence-electron chi connectivity index (χ2n) is 2.39. The van der Waals surface area contributed by atoms with E-state index in [-0.39, 0.29) is 12.0 Å². The van der Waals surface area contributed by atoms with Gasteiger partial charge in [0.25, 0.3) is 0 Å². The molecule has 0 aromatic rings. The highest BCUT2D eigenvalue weighted by Crippen LogP contribution is 1.84. The number of ether oxygens (including phenoxy) is 1. The minimum absolute atomic E-state index is 0.0172. The van der Waals surface area contributed by atoms with Crippen molar-refractivity contribution in [3.63, 3.8) is 0 Å². The fourth-order valence-electron chi connectivity index (χ4n) is 0.560. The van der Waals surface area contributed by atoms with Crippen LogP contribution in [0, 0.1) is 0 Å². The third-order valence-corrected chi connectivity index (χ3v) is 1.36. The highest BCUT2D eigenvalue weighted by atomic mass is 16.5. The normalized spacial score (nSPS) is 12.6. The average molecular weight is 160 g/mol. The van der Waals surface area contributed by atoms with Crippen LogP contribution in [-0.2, 0) is 9.53 Å². The number of carbonyl (C=O) groups excluding carboxylic acids is 1. The van der Waals surface area contributed by atoms with Gasteiger partial charge in [-0.3, -0.25) is 4.79 Å². The third-order valence-electron chi connectivity index (χ3n) is 1.36. The zero-order valence-corrected chi connectivity index (χ0v) is 7.09. The molecule has 0 saturated heterocycles. The molecule has 0 aliphatic rings. The number of methoxy groups -OCH3 is 1. The van der Waals surface area contributed by atoms with Crippen molar-refractivity contribution < 1.29 is 9.53 Å². The van der Waals surface area contributed by atoms with Crippen LogP contribution in [-0.4, -0.2) is 32.2 Å². The Morgan fingerprint density at radius 2 is 2.36 bits per heavy atom. The van der Waals surface area contributed by atoms with Gasteiger partial charge in [0.1, 0.15) is 0 Å². The van der Waals surface area contributed by atoms with Crippen LogP contribution in [0.3, 0.4) is 0 Å². The molecule has 0 rings (SSSR count). The summed E-state index contributed by atoms with van der Waals surface area (Å²) < 4.78 is 4.93. The van der Waals surface area contributed by atoms with E-state index in [1.807, 2.05) is 6.92 Å². The van der Waals surface area contributed by atoms with E-state index in [0.29, 0.717) is 19.5 Å². The fourth-order valence-corrected chi connectivity index (χ4v) is 0.560. The molecule has 3 N–H and O–H groups in total. The van der Waals surface area contributed by atoms with Crippen molar-refractivity contribution in [1.29, 1.82) is 0 Å². The lowest BCUT2D eigenvalue weighted by molar-refractivity contribution is -0.121. The Hall–Kier alpha value is -0.610. The standard InChI is InChI=1S/C7H16N2O2/c1-6(11-2)5-9-7(10)3-4-8/h6H,3-5,8H2,1-2H3,(H,9,10). The largest absolute Gasteiger partial charge is 0.380 e.